The first-order valence-corrected chi connectivity index (χ1v) is 8.91. The normalized spacial score (nSPS) is 12.0. The molecule has 0 aliphatic carbocycles. The second-order valence-corrected chi connectivity index (χ2v) is 6.74. The molecule has 1 atom stereocenters. The molecule has 0 fully saturated rings. The Hall–Kier alpha value is -2.67. The molecule has 0 bridgehead atoms. The summed E-state index contributed by atoms with van der Waals surface area (Å²) in [6.45, 7) is 0.137. The molecule has 1 amide bonds. The fourth-order valence-corrected chi connectivity index (χ4v) is 2.77. The minimum Gasteiger partial charge on any atom is -0.455 e. The highest BCUT2D eigenvalue weighted by Gasteiger charge is 2.26. The van der Waals surface area contributed by atoms with Gasteiger partial charge in [-0.3, -0.25) is 9.59 Å². The molecule has 8 heteroatoms. The van der Waals surface area contributed by atoms with Crippen LogP contribution in [0.1, 0.15) is 25.3 Å². The number of nitrogens with one attached hydrogen (secondary N) is 1. The van der Waals surface area contributed by atoms with E-state index in [0.717, 1.165) is 5.56 Å². The number of anilines is 1. The van der Waals surface area contributed by atoms with Gasteiger partial charge in [0.05, 0.1) is 11.6 Å². The lowest BCUT2D eigenvalue weighted by molar-refractivity contribution is -0.149. The number of halogens is 3. The maximum atomic E-state index is 12.5. The van der Waals surface area contributed by atoms with E-state index in [1.165, 1.54) is 18.2 Å². The number of para-hydroxylation sites is 2. The van der Waals surface area contributed by atoms with Crippen molar-refractivity contribution < 1.29 is 27.8 Å². The fourth-order valence-electron chi connectivity index (χ4n) is 2.64. The van der Waals surface area contributed by atoms with Crippen LogP contribution in [0.5, 0.6) is 5.75 Å². The van der Waals surface area contributed by atoms with Gasteiger partial charge in [0.15, 0.2) is 6.61 Å². The zero-order valence-electron chi connectivity index (χ0n) is 15.3. The molecule has 0 heterocycles. The van der Waals surface area contributed by atoms with E-state index >= 15 is 0 Å². The van der Waals surface area contributed by atoms with E-state index in [-0.39, 0.29) is 17.4 Å². The van der Waals surface area contributed by atoms with Crippen LogP contribution in [0.4, 0.5) is 14.5 Å². The molecule has 2 aromatic rings. The van der Waals surface area contributed by atoms with E-state index < -0.39 is 31.0 Å². The lowest BCUT2D eigenvalue weighted by Crippen LogP contribution is -2.26. The number of rotatable bonds is 8. The largest absolute Gasteiger partial charge is 0.455 e. The van der Waals surface area contributed by atoms with Gasteiger partial charge in [0.1, 0.15) is 5.75 Å². The maximum absolute atomic E-state index is 12.5. The van der Waals surface area contributed by atoms with Crippen LogP contribution in [-0.2, 0) is 14.3 Å². The second kappa shape index (κ2) is 10.0. The van der Waals surface area contributed by atoms with Crippen molar-refractivity contribution in [3.05, 3.63) is 59.1 Å². The van der Waals surface area contributed by atoms with Crippen LogP contribution in [-0.4, -0.2) is 25.1 Å². The monoisotopic (exact) mass is 411 g/mol. The Morgan fingerprint density at radius 1 is 1.07 bits per heavy atom. The van der Waals surface area contributed by atoms with Crippen molar-refractivity contribution in [3.8, 4) is 5.75 Å². The van der Waals surface area contributed by atoms with Crippen molar-refractivity contribution in [2.75, 3.05) is 11.9 Å². The summed E-state index contributed by atoms with van der Waals surface area (Å²) in [5.41, 5.74) is 0.780. The van der Waals surface area contributed by atoms with E-state index in [1.807, 2.05) is 13.8 Å². The SMILES string of the molecule is CC(C)[C@@H](C(=O)OCC(=O)Nc1ccccc1OC(F)F)c1ccc(Cl)cc1. The Kier molecular flexibility index (Phi) is 7.75. The first-order valence-electron chi connectivity index (χ1n) is 8.53. The summed E-state index contributed by atoms with van der Waals surface area (Å²) < 4.78 is 34.3. The minimum absolute atomic E-state index is 0.0574. The number of alkyl halides is 2. The summed E-state index contributed by atoms with van der Waals surface area (Å²) >= 11 is 5.87. The maximum Gasteiger partial charge on any atom is 0.387 e. The highest BCUT2D eigenvalue weighted by Crippen LogP contribution is 2.28. The van der Waals surface area contributed by atoms with Crippen molar-refractivity contribution >= 4 is 29.2 Å². The van der Waals surface area contributed by atoms with Gasteiger partial charge < -0.3 is 14.8 Å². The standard InChI is InChI=1S/C20H20ClF2NO4/c1-12(2)18(13-7-9-14(21)10-8-13)19(26)27-11-17(25)24-15-5-3-4-6-16(15)28-20(22)23/h3-10,12,18,20H,11H2,1-2H3,(H,24,25)/t18-/m1/s1. The Morgan fingerprint density at radius 2 is 1.71 bits per heavy atom. The van der Waals surface area contributed by atoms with Crippen LogP contribution in [0, 0.1) is 5.92 Å². The number of carbonyl (C=O) groups is 2. The lowest BCUT2D eigenvalue weighted by Gasteiger charge is -2.20. The molecule has 0 aliphatic rings. The summed E-state index contributed by atoms with van der Waals surface area (Å²) in [6, 6.07) is 12.5. The van der Waals surface area contributed by atoms with E-state index in [2.05, 4.69) is 10.1 Å². The lowest BCUT2D eigenvalue weighted by atomic mass is 9.88. The first-order chi connectivity index (χ1) is 13.3. The second-order valence-electron chi connectivity index (χ2n) is 6.30. The Morgan fingerprint density at radius 3 is 2.32 bits per heavy atom. The van der Waals surface area contributed by atoms with Gasteiger partial charge in [0.2, 0.25) is 0 Å². The minimum atomic E-state index is -3.03. The number of hydrogen-bond acceptors (Lipinski definition) is 4. The molecule has 0 spiro atoms. The number of benzene rings is 2. The number of carbonyl (C=O) groups excluding carboxylic acids is 2. The average Bonchev–Trinajstić information content (AvgIpc) is 2.63. The smallest absolute Gasteiger partial charge is 0.387 e. The van der Waals surface area contributed by atoms with Crippen LogP contribution in [0.2, 0.25) is 5.02 Å². The van der Waals surface area contributed by atoms with Gasteiger partial charge in [0.25, 0.3) is 5.91 Å². The van der Waals surface area contributed by atoms with Crippen LogP contribution < -0.4 is 10.1 Å². The summed E-state index contributed by atoms with van der Waals surface area (Å²) in [7, 11) is 0. The molecule has 0 aliphatic heterocycles. The van der Waals surface area contributed by atoms with Gasteiger partial charge in [-0.1, -0.05) is 49.7 Å². The van der Waals surface area contributed by atoms with Gasteiger partial charge in [0, 0.05) is 5.02 Å². The summed E-state index contributed by atoms with van der Waals surface area (Å²) in [4.78, 5) is 24.6. The highest BCUT2D eigenvalue weighted by molar-refractivity contribution is 6.30. The Bertz CT molecular complexity index is 812. The van der Waals surface area contributed by atoms with E-state index in [4.69, 9.17) is 16.3 Å². The van der Waals surface area contributed by atoms with Crippen molar-refractivity contribution in [3.63, 3.8) is 0 Å². The van der Waals surface area contributed by atoms with Gasteiger partial charge >= 0.3 is 12.6 Å². The molecule has 5 nitrogen and oxygen atoms in total. The quantitative estimate of drug-likeness (QED) is 0.630. The zero-order valence-corrected chi connectivity index (χ0v) is 16.1. The van der Waals surface area contributed by atoms with Crippen molar-refractivity contribution in [2.24, 2.45) is 5.92 Å². The highest BCUT2D eigenvalue weighted by atomic mass is 35.5. The van der Waals surface area contributed by atoms with Crippen molar-refractivity contribution in [1.29, 1.82) is 0 Å². The predicted molar refractivity (Wildman–Crippen MR) is 102 cm³/mol. The Labute approximate surface area is 166 Å². The predicted octanol–water partition coefficient (Wildman–Crippen LogP) is 4.86. The Balaban J connectivity index is 1.99. The molecule has 0 saturated heterocycles. The summed E-state index contributed by atoms with van der Waals surface area (Å²) in [5, 5.41) is 2.94. The fraction of sp³-hybridized carbons (Fsp3) is 0.300. The third-order valence-electron chi connectivity index (χ3n) is 3.87. The molecular formula is C20H20ClF2NO4. The number of ether oxygens (including phenoxy) is 2. The molecule has 28 heavy (non-hydrogen) atoms. The summed E-state index contributed by atoms with van der Waals surface area (Å²) in [5.74, 6) is -2.06. The molecule has 150 valence electrons. The van der Waals surface area contributed by atoms with E-state index in [0.29, 0.717) is 5.02 Å². The molecule has 0 saturated carbocycles. The number of amides is 1. The van der Waals surface area contributed by atoms with Crippen LogP contribution in [0.25, 0.3) is 0 Å². The van der Waals surface area contributed by atoms with E-state index in [9.17, 15) is 18.4 Å². The third-order valence-corrected chi connectivity index (χ3v) is 4.12. The van der Waals surface area contributed by atoms with Crippen LogP contribution >= 0.6 is 11.6 Å². The average molecular weight is 412 g/mol. The van der Waals surface area contributed by atoms with Gasteiger partial charge in [-0.2, -0.15) is 8.78 Å². The van der Waals surface area contributed by atoms with Gasteiger partial charge in [-0.25, -0.2) is 0 Å². The molecular weight excluding hydrogens is 392 g/mol. The topological polar surface area (TPSA) is 64.6 Å². The number of esters is 1. The molecule has 0 aromatic heterocycles. The first kappa shape index (κ1) is 21.6. The van der Waals surface area contributed by atoms with Gasteiger partial charge in [-0.15, -0.1) is 0 Å². The molecule has 2 rings (SSSR count). The summed E-state index contributed by atoms with van der Waals surface area (Å²) in [6.07, 6.45) is 0. The van der Waals surface area contributed by atoms with E-state index in [1.54, 1.807) is 30.3 Å². The zero-order chi connectivity index (χ0) is 20.7. The van der Waals surface area contributed by atoms with Gasteiger partial charge in [-0.05, 0) is 35.7 Å². The van der Waals surface area contributed by atoms with Crippen molar-refractivity contribution in [1.82, 2.24) is 0 Å². The molecule has 2 aromatic carbocycles. The van der Waals surface area contributed by atoms with Crippen LogP contribution in [0.15, 0.2) is 48.5 Å². The molecule has 0 unspecified atom stereocenters. The van der Waals surface area contributed by atoms with Crippen molar-refractivity contribution in [2.45, 2.75) is 26.4 Å². The number of hydrogen-bond donors (Lipinski definition) is 1. The molecule has 1 N–H and O–H groups in total. The third kappa shape index (κ3) is 6.20. The molecule has 0 radical (unpaired) electrons. The van der Waals surface area contributed by atoms with Crippen LogP contribution in [0.3, 0.4) is 0 Å².